The Morgan fingerprint density at radius 2 is 1.32 bits per heavy atom. The summed E-state index contributed by atoms with van der Waals surface area (Å²) in [6.45, 7) is 3.01. The molecule has 0 saturated carbocycles. The molecule has 4 nitrogen and oxygen atoms in total. The summed E-state index contributed by atoms with van der Waals surface area (Å²) in [5.74, 6) is -0.556. The Balaban J connectivity index is 2.07. The molecule has 0 aliphatic carbocycles. The summed E-state index contributed by atoms with van der Waals surface area (Å²) in [7, 11) is 0. The highest BCUT2D eigenvalue weighted by atomic mass is 16.3. The summed E-state index contributed by atoms with van der Waals surface area (Å²) in [5, 5.41) is 24.1. The SMILES string of the molecule is CC(=O)c1ccc2c(-c3c(O)c(O)cc4cc(C(C)=O)ccc34)cccc2c1. The van der Waals surface area contributed by atoms with Gasteiger partial charge in [-0.2, -0.15) is 0 Å². The van der Waals surface area contributed by atoms with E-state index in [0.717, 1.165) is 21.7 Å². The van der Waals surface area contributed by atoms with Crippen molar-refractivity contribution in [3.63, 3.8) is 0 Å². The van der Waals surface area contributed by atoms with Crippen LogP contribution in [0.4, 0.5) is 0 Å². The summed E-state index contributed by atoms with van der Waals surface area (Å²) in [5.41, 5.74) is 2.38. The lowest BCUT2D eigenvalue weighted by molar-refractivity contribution is 0.100. The number of phenols is 2. The van der Waals surface area contributed by atoms with E-state index >= 15 is 0 Å². The predicted octanol–water partition coefficient (Wildman–Crippen LogP) is 5.48. The fourth-order valence-corrected chi connectivity index (χ4v) is 3.59. The highest BCUT2D eigenvalue weighted by molar-refractivity contribution is 6.11. The number of rotatable bonds is 3. The van der Waals surface area contributed by atoms with Gasteiger partial charge in [-0.25, -0.2) is 0 Å². The molecule has 2 N–H and O–H groups in total. The summed E-state index contributed by atoms with van der Waals surface area (Å²) in [4.78, 5) is 23.4. The van der Waals surface area contributed by atoms with Crippen LogP contribution in [0.2, 0.25) is 0 Å². The van der Waals surface area contributed by atoms with E-state index in [1.54, 1.807) is 24.3 Å². The van der Waals surface area contributed by atoms with Crippen LogP contribution in [-0.2, 0) is 0 Å². The van der Waals surface area contributed by atoms with Gasteiger partial charge in [0.05, 0.1) is 0 Å². The van der Waals surface area contributed by atoms with Crippen LogP contribution in [0.25, 0.3) is 32.7 Å². The molecule has 138 valence electrons. The molecule has 0 unspecified atom stereocenters. The number of ketones is 2. The first-order valence-corrected chi connectivity index (χ1v) is 8.90. The van der Waals surface area contributed by atoms with Crippen LogP contribution in [0.15, 0.2) is 60.7 Å². The lowest BCUT2D eigenvalue weighted by Crippen LogP contribution is -1.94. The zero-order chi connectivity index (χ0) is 20.0. The van der Waals surface area contributed by atoms with Gasteiger partial charge < -0.3 is 10.2 Å². The molecule has 0 aliphatic heterocycles. The Hall–Kier alpha value is -3.66. The van der Waals surface area contributed by atoms with Crippen LogP contribution in [0.1, 0.15) is 34.6 Å². The van der Waals surface area contributed by atoms with Gasteiger partial charge in [0.1, 0.15) is 0 Å². The third-order valence-corrected chi connectivity index (χ3v) is 5.06. The zero-order valence-corrected chi connectivity index (χ0v) is 15.5. The number of Topliss-reactive ketones (excluding diaryl/α,β-unsaturated/α-hetero) is 2. The lowest BCUT2D eigenvalue weighted by atomic mass is 9.91. The van der Waals surface area contributed by atoms with Crippen molar-refractivity contribution in [1.29, 1.82) is 0 Å². The number of phenolic OH excluding ortho intramolecular Hbond substituents is 2. The molecule has 4 aromatic carbocycles. The zero-order valence-electron chi connectivity index (χ0n) is 15.5. The largest absolute Gasteiger partial charge is 0.504 e. The molecule has 4 aromatic rings. The van der Waals surface area contributed by atoms with E-state index in [1.165, 1.54) is 19.9 Å². The van der Waals surface area contributed by atoms with Crippen molar-refractivity contribution in [2.45, 2.75) is 13.8 Å². The predicted molar refractivity (Wildman–Crippen MR) is 110 cm³/mol. The average molecular weight is 370 g/mol. The fraction of sp³-hybridized carbons (Fsp3) is 0.0833. The minimum atomic E-state index is -0.249. The first kappa shape index (κ1) is 17.7. The van der Waals surface area contributed by atoms with Crippen molar-refractivity contribution in [2.75, 3.05) is 0 Å². The molecule has 4 rings (SSSR count). The number of hydrogen-bond donors (Lipinski definition) is 2. The standard InChI is InChI=1S/C24H18O4/c1-13(25)15-6-8-19-17(10-15)4-3-5-21(19)23-20-9-7-16(14(2)26)11-18(20)12-22(27)24(23)28/h3-12,27-28H,1-2H3. The second-order valence-electron chi connectivity index (χ2n) is 6.91. The van der Waals surface area contributed by atoms with Gasteiger partial charge in [-0.15, -0.1) is 0 Å². The molecule has 0 radical (unpaired) electrons. The van der Waals surface area contributed by atoms with E-state index < -0.39 is 0 Å². The smallest absolute Gasteiger partial charge is 0.166 e. The van der Waals surface area contributed by atoms with E-state index in [-0.39, 0.29) is 23.1 Å². The minimum Gasteiger partial charge on any atom is -0.504 e. The van der Waals surface area contributed by atoms with Gasteiger partial charge in [0.15, 0.2) is 23.1 Å². The first-order chi connectivity index (χ1) is 13.4. The van der Waals surface area contributed by atoms with Gasteiger partial charge >= 0.3 is 0 Å². The van der Waals surface area contributed by atoms with Crippen LogP contribution >= 0.6 is 0 Å². The van der Waals surface area contributed by atoms with E-state index in [4.69, 9.17) is 0 Å². The van der Waals surface area contributed by atoms with Gasteiger partial charge in [-0.3, -0.25) is 9.59 Å². The normalized spacial score (nSPS) is 11.1. The van der Waals surface area contributed by atoms with Crippen molar-refractivity contribution in [2.24, 2.45) is 0 Å². The van der Waals surface area contributed by atoms with Crippen LogP contribution in [0, 0.1) is 0 Å². The quantitative estimate of drug-likeness (QED) is 0.370. The maximum Gasteiger partial charge on any atom is 0.166 e. The van der Waals surface area contributed by atoms with Gasteiger partial charge in [0.25, 0.3) is 0 Å². The number of benzene rings is 4. The Morgan fingerprint density at radius 1 is 0.714 bits per heavy atom. The maximum atomic E-state index is 11.7. The van der Waals surface area contributed by atoms with E-state index in [2.05, 4.69) is 0 Å². The minimum absolute atomic E-state index is 0.0188. The fourth-order valence-electron chi connectivity index (χ4n) is 3.59. The van der Waals surface area contributed by atoms with E-state index in [0.29, 0.717) is 22.1 Å². The summed E-state index contributed by atoms with van der Waals surface area (Å²) in [6, 6.07) is 17.7. The van der Waals surface area contributed by atoms with Crippen LogP contribution < -0.4 is 0 Å². The van der Waals surface area contributed by atoms with Crippen LogP contribution in [0.3, 0.4) is 0 Å². The molecule has 0 bridgehead atoms. The Kier molecular flexibility index (Phi) is 4.12. The molecule has 0 saturated heterocycles. The van der Waals surface area contributed by atoms with Gasteiger partial charge in [0, 0.05) is 16.7 Å². The molecule has 4 heteroatoms. The van der Waals surface area contributed by atoms with Crippen LogP contribution in [-0.4, -0.2) is 21.8 Å². The first-order valence-electron chi connectivity index (χ1n) is 8.90. The van der Waals surface area contributed by atoms with Crippen molar-refractivity contribution in [1.82, 2.24) is 0 Å². The second-order valence-corrected chi connectivity index (χ2v) is 6.91. The maximum absolute atomic E-state index is 11.7. The number of hydrogen-bond acceptors (Lipinski definition) is 4. The number of fused-ring (bicyclic) bond motifs is 2. The molecule has 0 amide bonds. The molecule has 0 fully saturated rings. The topological polar surface area (TPSA) is 74.6 Å². The second kappa shape index (κ2) is 6.50. The highest BCUT2D eigenvalue weighted by Crippen LogP contribution is 2.45. The van der Waals surface area contributed by atoms with Crippen molar-refractivity contribution >= 4 is 33.1 Å². The number of carbonyl (C=O) groups excluding carboxylic acids is 2. The van der Waals surface area contributed by atoms with E-state index in [9.17, 15) is 19.8 Å². The molecule has 0 atom stereocenters. The number of aromatic hydroxyl groups is 2. The Morgan fingerprint density at radius 3 is 1.96 bits per heavy atom. The molecule has 28 heavy (non-hydrogen) atoms. The molecule has 0 heterocycles. The third-order valence-electron chi connectivity index (χ3n) is 5.06. The van der Waals surface area contributed by atoms with Gasteiger partial charge in [0.2, 0.25) is 0 Å². The van der Waals surface area contributed by atoms with Gasteiger partial charge in [-0.05, 0) is 59.2 Å². The third kappa shape index (κ3) is 2.79. The Labute approximate surface area is 161 Å². The van der Waals surface area contributed by atoms with Crippen LogP contribution in [0.5, 0.6) is 11.5 Å². The average Bonchev–Trinajstić information content (AvgIpc) is 2.67. The van der Waals surface area contributed by atoms with Crippen molar-refractivity contribution < 1.29 is 19.8 Å². The molecular formula is C24H18O4. The summed E-state index contributed by atoms with van der Waals surface area (Å²) in [6.07, 6.45) is 0. The van der Waals surface area contributed by atoms with Gasteiger partial charge in [-0.1, -0.05) is 42.5 Å². The molecule has 0 aromatic heterocycles. The molecule has 0 spiro atoms. The highest BCUT2D eigenvalue weighted by Gasteiger charge is 2.17. The molecule has 0 aliphatic rings. The monoisotopic (exact) mass is 370 g/mol. The molecular weight excluding hydrogens is 352 g/mol. The van der Waals surface area contributed by atoms with Crippen molar-refractivity contribution in [3.05, 3.63) is 71.8 Å². The van der Waals surface area contributed by atoms with Crippen molar-refractivity contribution in [3.8, 4) is 22.6 Å². The Bertz CT molecular complexity index is 1290. The lowest BCUT2D eigenvalue weighted by Gasteiger charge is -2.14. The summed E-state index contributed by atoms with van der Waals surface area (Å²) >= 11 is 0. The summed E-state index contributed by atoms with van der Waals surface area (Å²) < 4.78 is 0. The van der Waals surface area contributed by atoms with E-state index in [1.807, 2.05) is 30.3 Å². The number of carbonyl (C=O) groups is 2.